The molecule has 1 heterocycles. The van der Waals surface area contributed by atoms with Crippen molar-refractivity contribution in [3.8, 4) is 22.9 Å². The Labute approximate surface area is 164 Å². The summed E-state index contributed by atoms with van der Waals surface area (Å²) in [6.07, 6.45) is 1.50. The number of aromatic amines is 1. The van der Waals surface area contributed by atoms with E-state index in [2.05, 4.69) is 36.9 Å². The summed E-state index contributed by atoms with van der Waals surface area (Å²) in [5.41, 5.74) is 3.11. The summed E-state index contributed by atoms with van der Waals surface area (Å²) in [5.74, 6) is 2.97. The monoisotopic (exact) mass is 380 g/mol. The van der Waals surface area contributed by atoms with Crippen molar-refractivity contribution >= 4 is 5.96 Å². The maximum atomic E-state index is 5.44. The Balaban J connectivity index is 1.59. The molecule has 3 N–H and O–H groups in total. The van der Waals surface area contributed by atoms with Gasteiger partial charge in [-0.25, -0.2) is 4.98 Å². The van der Waals surface area contributed by atoms with Crippen LogP contribution >= 0.6 is 0 Å². The van der Waals surface area contributed by atoms with Crippen LogP contribution in [0.1, 0.15) is 11.1 Å². The first-order valence-corrected chi connectivity index (χ1v) is 8.83. The summed E-state index contributed by atoms with van der Waals surface area (Å²) in [4.78, 5) is 8.47. The van der Waals surface area contributed by atoms with Gasteiger partial charge in [0.25, 0.3) is 0 Å². The summed E-state index contributed by atoms with van der Waals surface area (Å²) in [6, 6.07) is 13.8. The maximum absolute atomic E-state index is 5.44. The van der Waals surface area contributed by atoms with Crippen molar-refractivity contribution in [3.63, 3.8) is 0 Å². The third-order valence-corrected chi connectivity index (χ3v) is 4.24. The predicted molar refractivity (Wildman–Crippen MR) is 108 cm³/mol. The SMILES string of the molecule is CN=C(NCc1cccc(-c2ncn[nH]2)c1)NCc1ccc(OC)cc1OC. The molecule has 0 amide bonds. The molecular weight excluding hydrogens is 356 g/mol. The lowest BCUT2D eigenvalue weighted by Gasteiger charge is -2.14. The Kier molecular flexibility index (Phi) is 6.46. The molecule has 0 spiro atoms. The highest BCUT2D eigenvalue weighted by atomic mass is 16.5. The number of hydrogen-bond donors (Lipinski definition) is 3. The van der Waals surface area contributed by atoms with E-state index in [4.69, 9.17) is 9.47 Å². The van der Waals surface area contributed by atoms with Crippen molar-refractivity contribution in [1.29, 1.82) is 0 Å². The number of H-pyrrole nitrogens is 1. The average Bonchev–Trinajstić information content (AvgIpc) is 3.29. The van der Waals surface area contributed by atoms with E-state index >= 15 is 0 Å². The minimum atomic E-state index is 0.574. The average molecular weight is 380 g/mol. The molecule has 0 saturated heterocycles. The number of nitrogens with zero attached hydrogens (tertiary/aromatic N) is 3. The molecule has 0 aliphatic rings. The van der Waals surface area contributed by atoms with Crippen LogP contribution < -0.4 is 20.1 Å². The summed E-state index contributed by atoms with van der Waals surface area (Å²) >= 11 is 0. The van der Waals surface area contributed by atoms with Crippen molar-refractivity contribution < 1.29 is 9.47 Å². The molecule has 0 unspecified atom stereocenters. The smallest absolute Gasteiger partial charge is 0.191 e. The molecule has 8 nitrogen and oxygen atoms in total. The molecule has 0 atom stereocenters. The second-order valence-electron chi connectivity index (χ2n) is 5.99. The van der Waals surface area contributed by atoms with Crippen molar-refractivity contribution in [1.82, 2.24) is 25.8 Å². The Morgan fingerprint density at radius 3 is 2.64 bits per heavy atom. The van der Waals surface area contributed by atoms with Crippen LogP contribution in [0.5, 0.6) is 11.5 Å². The first kappa shape index (κ1) is 19.2. The summed E-state index contributed by atoms with van der Waals surface area (Å²) in [7, 11) is 5.02. The predicted octanol–water partition coefficient (Wildman–Crippen LogP) is 2.35. The van der Waals surface area contributed by atoms with E-state index in [-0.39, 0.29) is 0 Å². The number of nitrogens with one attached hydrogen (secondary N) is 3. The molecule has 3 aromatic rings. The number of aromatic nitrogens is 3. The summed E-state index contributed by atoms with van der Waals surface area (Å²) in [5, 5.41) is 13.4. The van der Waals surface area contributed by atoms with E-state index in [0.29, 0.717) is 19.0 Å². The zero-order valence-electron chi connectivity index (χ0n) is 16.2. The van der Waals surface area contributed by atoms with Crippen LogP contribution in [0, 0.1) is 0 Å². The van der Waals surface area contributed by atoms with Gasteiger partial charge in [-0.05, 0) is 23.8 Å². The highest BCUT2D eigenvalue weighted by molar-refractivity contribution is 5.79. The first-order valence-electron chi connectivity index (χ1n) is 8.83. The normalized spacial score (nSPS) is 11.2. The van der Waals surface area contributed by atoms with Crippen LogP contribution in [0.3, 0.4) is 0 Å². The number of benzene rings is 2. The molecule has 0 saturated carbocycles. The van der Waals surface area contributed by atoms with Gasteiger partial charge in [0.1, 0.15) is 17.8 Å². The quantitative estimate of drug-likeness (QED) is 0.430. The molecule has 8 heteroatoms. The van der Waals surface area contributed by atoms with Gasteiger partial charge in [0, 0.05) is 37.3 Å². The number of methoxy groups -OCH3 is 2. The van der Waals surface area contributed by atoms with E-state index in [1.807, 2.05) is 36.4 Å². The second kappa shape index (κ2) is 9.40. The zero-order chi connectivity index (χ0) is 19.8. The fraction of sp³-hybridized carbons (Fsp3) is 0.250. The number of ether oxygens (including phenoxy) is 2. The number of guanidine groups is 1. The van der Waals surface area contributed by atoms with Gasteiger partial charge in [-0.1, -0.05) is 18.2 Å². The minimum Gasteiger partial charge on any atom is -0.497 e. The van der Waals surface area contributed by atoms with Gasteiger partial charge in [0.05, 0.1) is 14.2 Å². The molecule has 1 aromatic heterocycles. The third-order valence-electron chi connectivity index (χ3n) is 4.24. The topological polar surface area (TPSA) is 96.5 Å². The molecule has 146 valence electrons. The minimum absolute atomic E-state index is 0.574. The molecule has 0 radical (unpaired) electrons. The van der Waals surface area contributed by atoms with Crippen molar-refractivity contribution in [2.45, 2.75) is 13.1 Å². The number of rotatable bonds is 7. The van der Waals surface area contributed by atoms with E-state index in [1.54, 1.807) is 21.3 Å². The van der Waals surface area contributed by atoms with Crippen LogP contribution in [0.25, 0.3) is 11.4 Å². The fourth-order valence-electron chi connectivity index (χ4n) is 2.76. The Hall–Kier alpha value is -3.55. The fourth-order valence-corrected chi connectivity index (χ4v) is 2.76. The van der Waals surface area contributed by atoms with Crippen LogP contribution in [-0.4, -0.2) is 42.4 Å². The highest BCUT2D eigenvalue weighted by Crippen LogP contribution is 2.24. The standard InChI is InChI=1S/C20H24N6O2/c1-21-20(23-12-16-7-8-17(27-2)10-18(16)28-3)22-11-14-5-4-6-15(9-14)19-24-13-25-26-19/h4-10,13H,11-12H2,1-3H3,(H2,21,22,23)(H,24,25,26). The van der Waals surface area contributed by atoms with Crippen LogP contribution in [0.15, 0.2) is 53.8 Å². The molecule has 0 aliphatic heterocycles. The number of hydrogen-bond acceptors (Lipinski definition) is 5. The zero-order valence-corrected chi connectivity index (χ0v) is 16.2. The Bertz CT molecular complexity index is 924. The molecule has 0 bridgehead atoms. The largest absolute Gasteiger partial charge is 0.497 e. The summed E-state index contributed by atoms with van der Waals surface area (Å²) < 4.78 is 10.7. The molecule has 28 heavy (non-hydrogen) atoms. The van der Waals surface area contributed by atoms with E-state index in [9.17, 15) is 0 Å². The van der Waals surface area contributed by atoms with Crippen molar-refractivity contribution in [3.05, 3.63) is 59.9 Å². The molecule has 0 fully saturated rings. The van der Waals surface area contributed by atoms with E-state index in [1.165, 1.54) is 6.33 Å². The van der Waals surface area contributed by atoms with E-state index < -0.39 is 0 Å². The van der Waals surface area contributed by atoms with Gasteiger partial charge in [-0.2, -0.15) is 5.10 Å². The van der Waals surface area contributed by atoms with Gasteiger partial charge in [0.2, 0.25) is 0 Å². The first-order chi connectivity index (χ1) is 13.7. The maximum Gasteiger partial charge on any atom is 0.191 e. The lowest BCUT2D eigenvalue weighted by Crippen LogP contribution is -2.36. The lowest BCUT2D eigenvalue weighted by molar-refractivity contribution is 0.390. The third kappa shape index (κ3) is 4.79. The highest BCUT2D eigenvalue weighted by Gasteiger charge is 2.07. The lowest BCUT2D eigenvalue weighted by atomic mass is 10.1. The molecule has 3 rings (SSSR count). The van der Waals surface area contributed by atoms with Crippen molar-refractivity contribution in [2.24, 2.45) is 4.99 Å². The second-order valence-corrected chi connectivity index (χ2v) is 5.99. The Morgan fingerprint density at radius 2 is 1.93 bits per heavy atom. The van der Waals surface area contributed by atoms with Crippen LogP contribution in [0.4, 0.5) is 0 Å². The molecular formula is C20H24N6O2. The van der Waals surface area contributed by atoms with Gasteiger partial charge in [-0.3, -0.25) is 10.1 Å². The van der Waals surface area contributed by atoms with Gasteiger partial charge < -0.3 is 20.1 Å². The Morgan fingerprint density at radius 1 is 1.07 bits per heavy atom. The van der Waals surface area contributed by atoms with Crippen LogP contribution in [-0.2, 0) is 13.1 Å². The molecule has 2 aromatic carbocycles. The van der Waals surface area contributed by atoms with Crippen LogP contribution in [0.2, 0.25) is 0 Å². The molecule has 0 aliphatic carbocycles. The van der Waals surface area contributed by atoms with E-state index in [0.717, 1.165) is 34.0 Å². The van der Waals surface area contributed by atoms with Gasteiger partial charge in [-0.15, -0.1) is 0 Å². The number of aliphatic imine (C=N–C) groups is 1. The van der Waals surface area contributed by atoms with Gasteiger partial charge in [0.15, 0.2) is 11.8 Å². The van der Waals surface area contributed by atoms with Gasteiger partial charge >= 0.3 is 0 Å². The van der Waals surface area contributed by atoms with Crippen molar-refractivity contribution in [2.75, 3.05) is 21.3 Å². The summed E-state index contributed by atoms with van der Waals surface area (Å²) in [6.45, 7) is 1.20.